The van der Waals surface area contributed by atoms with Gasteiger partial charge in [0, 0.05) is 11.5 Å². The first-order chi connectivity index (χ1) is 10.7. The second-order valence-corrected chi connectivity index (χ2v) is 5.88. The standard InChI is InChI=1S/C21H18N/c1-15-11-12-16-7-5-6-10-19(16)21(15)20-13-17-8-3-4-9-18(17)14-22(20)2/h3-14H,1-2H3/q+1. The van der Waals surface area contributed by atoms with Gasteiger partial charge in [0.15, 0.2) is 6.20 Å². The predicted octanol–water partition coefficient (Wildman–Crippen LogP) is 4.79. The van der Waals surface area contributed by atoms with Crippen LogP contribution < -0.4 is 4.57 Å². The van der Waals surface area contributed by atoms with Crippen LogP contribution in [-0.2, 0) is 7.05 Å². The van der Waals surface area contributed by atoms with Crippen molar-refractivity contribution in [2.24, 2.45) is 7.05 Å². The zero-order valence-corrected chi connectivity index (χ0v) is 12.9. The third-order valence-corrected chi connectivity index (χ3v) is 4.39. The van der Waals surface area contributed by atoms with E-state index in [1.807, 2.05) is 0 Å². The maximum atomic E-state index is 2.30. The van der Waals surface area contributed by atoms with Crippen LogP contribution in [0.2, 0.25) is 0 Å². The molecule has 0 amide bonds. The second kappa shape index (κ2) is 4.96. The van der Waals surface area contributed by atoms with Gasteiger partial charge in [0.25, 0.3) is 0 Å². The van der Waals surface area contributed by atoms with Crippen molar-refractivity contribution in [2.45, 2.75) is 6.92 Å². The lowest BCUT2D eigenvalue weighted by atomic mass is 9.96. The van der Waals surface area contributed by atoms with Crippen molar-refractivity contribution >= 4 is 21.5 Å². The largest absolute Gasteiger partial charge is 0.213 e. The van der Waals surface area contributed by atoms with Gasteiger partial charge in [0.1, 0.15) is 7.05 Å². The van der Waals surface area contributed by atoms with Gasteiger partial charge >= 0.3 is 0 Å². The van der Waals surface area contributed by atoms with E-state index in [0.717, 1.165) is 0 Å². The molecule has 0 spiro atoms. The molecule has 0 bridgehead atoms. The van der Waals surface area contributed by atoms with Crippen LogP contribution in [0.5, 0.6) is 0 Å². The van der Waals surface area contributed by atoms with E-state index in [2.05, 4.69) is 91.5 Å². The summed E-state index contributed by atoms with van der Waals surface area (Å²) in [7, 11) is 2.13. The molecule has 1 nitrogen and oxygen atoms in total. The maximum absolute atomic E-state index is 2.30. The maximum Gasteiger partial charge on any atom is 0.213 e. The number of aryl methyl sites for hydroxylation is 2. The number of hydrogen-bond donors (Lipinski definition) is 0. The van der Waals surface area contributed by atoms with Crippen molar-refractivity contribution < 1.29 is 4.57 Å². The molecular weight excluding hydrogens is 266 g/mol. The number of pyridine rings is 1. The molecule has 0 aliphatic heterocycles. The fraction of sp³-hybridized carbons (Fsp3) is 0.0952. The van der Waals surface area contributed by atoms with Gasteiger partial charge in [-0.1, -0.05) is 54.6 Å². The lowest BCUT2D eigenvalue weighted by molar-refractivity contribution is -0.659. The Labute approximate surface area is 130 Å². The quantitative estimate of drug-likeness (QED) is 0.442. The van der Waals surface area contributed by atoms with Crippen molar-refractivity contribution in [2.75, 3.05) is 0 Å². The molecule has 0 N–H and O–H groups in total. The molecule has 4 rings (SSSR count). The van der Waals surface area contributed by atoms with Crippen LogP contribution >= 0.6 is 0 Å². The Kier molecular flexibility index (Phi) is 2.93. The summed E-state index contributed by atoms with van der Waals surface area (Å²) in [6, 6.07) is 23.9. The molecule has 4 aromatic rings. The van der Waals surface area contributed by atoms with Crippen molar-refractivity contribution in [3.05, 3.63) is 78.5 Å². The van der Waals surface area contributed by atoms with Crippen LogP contribution in [0.4, 0.5) is 0 Å². The summed E-state index contributed by atoms with van der Waals surface area (Å²) in [4.78, 5) is 0. The molecule has 0 saturated carbocycles. The summed E-state index contributed by atoms with van der Waals surface area (Å²) >= 11 is 0. The first-order valence-electron chi connectivity index (χ1n) is 7.61. The fourth-order valence-corrected chi connectivity index (χ4v) is 3.26. The Balaban J connectivity index is 2.11. The van der Waals surface area contributed by atoms with Crippen molar-refractivity contribution in [3.8, 4) is 11.3 Å². The first kappa shape index (κ1) is 13.0. The summed E-state index contributed by atoms with van der Waals surface area (Å²) in [5.74, 6) is 0. The van der Waals surface area contributed by atoms with E-state index in [1.165, 1.54) is 38.4 Å². The smallest absolute Gasteiger partial charge is 0.200 e. The molecule has 0 aliphatic carbocycles. The summed E-state index contributed by atoms with van der Waals surface area (Å²) < 4.78 is 2.23. The van der Waals surface area contributed by atoms with E-state index in [4.69, 9.17) is 0 Å². The third-order valence-electron chi connectivity index (χ3n) is 4.39. The van der Waals surface area contributed by atoms with E-state index in [9.17, 15) is 0 Å². The van der Waals surface area contributed by atoms with Crippen molar-refractivity contribution in [3.63, 3.8) is 0 Å². The highest BCUT2D eigenvalue weighted by atomic mass is 14.9. The van der Waals surface area contributed by atoms with Gasteiger partial charge in [-0.3, -0.25) is 0 Å². The molecule has 1 heteroatoms. The Morgan fingerprint density at radius 3 is 2.23 bits per heavy atom. The van der Waals surface area contributed by atoms with Gasteiger partial charge in [0.05, 0.1) is 5.56 Å². The van der Waals surface area contributed by atoms with Crippen LogP contribution in [0.3, 0.4) is 0 Å². The summed E-state index contributed by atoms with van der Waals surface area (Å²) in [6.45, 7) is 2.19. The summed E-state index contributed by atoms with van der Waals surface area (Å²) in [6.07, 6.45) is 2.21. The molecule has 0 fully saturated rings. The molecule has 0 aliphatic rings. The molecule has 1 aromatic heterocycles. The van der Waals surface area contributed by atoms with E-state index >= 15 is 0 Å². The lowest BCUT2D eigenvalue weighted by Gasteiger charge is -2.10. The average molecular weight is 284 g/mol. The highest BCUT2D eigenvalue weighted by molar-refractivity contribution is 5.98. The minimum Gasteiger partial charge on any atom is -0.200 e. The molecule has 106 valence electrons. The summed E-state index contributed by atoms with van der Waals surface area (Å²) in [5, 5.41) is 5.15. The number of rotatable bonds is 1. The van der Waals surface area contributed by atoms with Crippen LogP contribution in [0, 0.1) is 6.92 Å². The molecule has 1 heterocycles. The molecule has 0 unspecified atom stereocenters. The Bertz CT molecular complexity index is 999. The van der Waals surface area contributed by atoms with Gasteiger partial charge in [-0.15, -0.1) is 0 Å². The van der Waals surface area contributed by atoms with E-state index in [1.54, 1.807) is 0 Å². The van der Waals surface area contributed by atoms with Gasteiger partial charge in [-0.05, 0) is 34.7 Å². The molecule has 0 saturated heterocycles. The van der Waals surface area contributed by atoms with E-state index in [-0.39, 0.29) is 0 Å². The molecular formula is C21H18N+. The zero-order valence-electron chi connectivity index (χ0n) is 12.9. The number of fused-ring (bicyclic) bond motifs is 2. The average Bonchev–Trinajstić information content (AvgIpc) is 2.54. The van der Waals surface area contributed by atoms with Crippen molar-refractivity contribution in [1.82, 2.24) is 0 Å². The van der Waals surface area contributed by atoms with Gasteiger partial charge in [-0.2, -0.15) is 0 Å². The number of hydrogen-bond acceptors (Lipinski definition) is 0. The predicted molar refractivity (Wildman–Crippen MR) is 92.8 cm³/mol. The Hall–Kier alpha value is -2.67. The summed E-state index contributed by atoms with van der Waals surface area (Å²) in [5.41, 5.74) is 3.89. The highest BCUT2D eigenvalue weighted by Crippen LogP contribution is 2.31. The SMILES string of the molecule is Cc1ccc2ccccc2c1-c1cc2ccccc2c[n+]1C. The molecule has 22 heavy (non-hydrogen) atoms. The van der Waals surface area contributed by atoms with Crippen molar-refractivity contribution in [1.29, 1.82) is 0 Å². The lowest BCUT2D eigenvalue weighted by Crippen LogP contribution is -2.30. The van der Waals surface area contributed by atoms with Gasteiger partial charge < -0.3 is 0 Å². The van der Waals surface area contributed by atoms with Gasteiger partial charge in [0.2, 0.25) is 5.69 Å². The third kappa shape index (κ3) is 1.98. The topological polar surface area (TPSA) is 3.88 Å². The minimum absolute atomic E-state index is 1.26. The zero-order chi connectivity index (χ0) is 15.1. The Morgan fingerprint density at radius 2 is 1.41 bits per heavy atom. The van der Waals surface area contributed by atoms with E-state index in [0.29, 0.717) is 0 Å². The highest BCUT2D eigenvalue weighted by Gasteiger charge is 2.16. The molecule has 0 radical (unpaired) electrons. The van der Waals surface area contributed by atoms with Crippen LogP contribution in [0.25, 0.3) is 32.8 Å². The second-order valence-electron chi connectivity index (χ2n) is 5.88. The monoisotopic (exact) mass is 284 g/mol. The molecule has 3 aromatic carbocycles. The first-order valence-corrected chi connectivity index (χ1v) is 7.61. The number of benzene rings is 3. The van der Waals surface area contributed by atoms with Crippen LogP contribution in [-0.4, -0.2) is 0 Å². The number of aromatic nitrogens is 1. The number of nitrogens with zero attached hydrogens (tertiary/aromatic N) is 1. The van der Waals surface area contributed by atoms with Crippen LogP contribution in [0.15, 0.2) is 72.9 Å². The fourth-order valence-electron chi connectivity index (χ4n) is 3.26. The molecule has 0 atom stereocenters. The Morgan fingerprint density at radius 1 is 0.727 bits per heavy atom. The van der Waals surface area contributed by atoms with E-state index < -0.39 is 0 Å². The normalized spacial score (nSPS) is 11.2. The van der Waals surface area contributed by atoms with Gasteiger partial charge in [-0.25, -0.2) is 4.57 Å². The minimum atomic E-state index is 1.26. The van der Waals surface area contributed by atoms with Crippen LogP contribution in [0.1, 0.15) is 5.56 Å².